The third-order valence-corrected chi connectivity index (χ3v) is 2.93. The van der Waals surface area contributed by atoms with E-state index in [9.17, 15) is 4.79 Å². The minimum Gasteiger partial charge on any atom is -0.477 e. The van der Waals surface area contributed by atoms with Crippen molar-refractivity contribution < 1.29 is 9.90 Å². The maximum atomic E-state index is 10.8. The topological polar surface area (TPSA) is 75.1 Å². The van der Waals surface area contributed by atoms with Crippen LogP contribution in [0.25, 0.3) is 0 Å². The molecule has 0 unspecified atom stereocenters. The number of benzene rings is 1. The van der Waals surface area contributed by atoms with Crippen LogP contribution >= 0.6 is 15.9 Å². The number of carboxylic acid groups (broad SMARTS) is 1. The molecular formula is C12H10BrN3O2. The van der Waals surface area contributed by atoms with Gasteiger partial charge in [-0.15, -0.1) is 0 Å². The van der Waals surface area contributed by atoms with Gasteiger partial charge in [0.1, 0.15) is 12.1 Å². The van der Waals surface area contributed by atoms with Crippen molar-refractivity contribution in [3.8, 4) is 0 Å². The van der Waals surface area contributed by atoms with Crippen LogP contribution in [0.5, 0.6) is 0 Å². The summed E-state index contributed by atoms with van der Waals surface area (Å²) in [4.78, 5) is 18.4. The van der Waals surface area contributed by atoms with Crippen molar-refractivity contribution in [2.45, 2.75) is 6.92 Å². The highest BCUT2D eigenvalue weighted by Gasteiger charge is 2.07. The molecule has 0 bridgehead atoms. The van der Waals surface area contributed by atoms with Crippen LogP contribution < -0.4 is 5.32 Å². The molecule has 2 aromatic rings. The van der Waals surface area contributed by atoms with E-state index in [0.717, 1.165) is 15.7 Å². The van der Waals surface area contributed by atoms with Gasteiger partial charge in [-0.25, -0.2) is 14.8 Å². The van der Waals surface area contributed by atoms with Gasteiger partial charge >= 0.3 is 5.97 Å². The van der Waals surface area contributed by atoms with Crippen molar-refractivity contribution in [3.63, 3.8) is 0 Å². The van der Waals surface area contributed by atoms with Crippen molar-refractivity contribution in [3.05, 3.63) is 46.3 Å². The molecule has 0 aliphatic rings. The predicted molar refractivity (Wildman–Crippen MR) is 71.2 cm³/mol. The first-order chi connectivity index (χ1) is 8.56. The van der Waals surface area contributed by atoms with Crippen molar-refractivity contribution in [2.24, 2.45) is 0 Å². The van der Waals surface area contributed by atoms with Crippen LogP contribution in [0.15, 0.2) is 35.1 Å². The third kappa shape index (κ3) is 2.84. The summed E-state index contributed by atoms with van der Waals surface area (Å²) in [5.74, 6) is -0.643. The van der Waals surface area contributed by atoms with E-state index in [1.165, 1.54) is 12.4 Å². The fourth-order valence-corrected chi connectivity index (χ4v) is 1.99. The van der Waals surface area contributed by atoms with Gasteiger partial charge in [0.05, 0.1) is 5.69 Å². The number of nitrogens with one attached hydrogen (secondary N) is 1. The van der Waals surface area contributed by atoms with E-state index in [1.54, 1.807) is 0 Å². The molecule has 0 saturated heterocycles. The van der Waals surface area contributed by atoms with Gasteiger partial charge in [0.15, 0.2) is 5.69 Å². The normalized spacial score (nSPS) is 10.1. The zero-order chi connectivity index (χ0) is 13.1. The molecule has 0 fully saturated rings. The monoisotopic (exact) mass is 307 g/mol. The van der Waals surface area contributed by atoms with Crippen LogP contribution in [0.2, 0.25) is 0 Å². The molecule has 5 nitrogen and oxygen atoms in total. The fourth-order valence-electron chi connectivity index (χ4n) is 1.40. The molecule has 1 heterocycles. The standard InChI is InChI=1S/C12H10BrN3O2/c1-7-2-3-9(8(13)4-7)16-11-5-10(12(17)18)14-6-15-11/h2-6H,1H3,(H,17,18)(H,14,15,16). The lowest BCUT2D eigenvalue weighted by molar-refractivity contribution is 0.0690. The van der Waals surface area contributed by atoms with Crippen LogP contribution in [-0.4, -0.2) is 21.0 Å². The summed E-state index contributed by atoms with van der Waals surface area (Å²) in [5.41, 5.74) is 1.90. The Morgan fingerprint density at radius 1 is 1.33 bits per heavy atom. The average molecular weight is 308 g/mol. The summed E-state index contributed by atoms with van der Waals surface area (Å²) >= 11 is 3.43. The largest absolute Gasteiger partial charge is 0.477 e. The van der Waals surface area contributed by atoms with Gasteiger partial charge in [-0.2, -0.15) is 0 Å². The highest BCUT2D eigenvalue weighted by molar-refractivity contribution is 9.10. The molecule has 6 heteroatoms. The molecule has 0 aliphatic carbocycles. The molecule has 2 N–H and O–H groups in total. The number of aromatic nitrogens is 2. The van der Waals surface area contributed by atoms with E-state index in [2.05, 4.69) is 31.2 Å². The Morgan fingerprint density at radius 2 is 2.11 bits per heavy atom. The number of carbonyl (C=O) groups is 1. The van der Waals surface area contributed by atoms with Crippen molar-refractivity contribution in [1.82, 2.24) is 9.97 Å². The zero-order valence-electron chi connectivity index (χ0n) is 9.51. The summed E-state index contributed by atoms with van der Waals surface area (Å²) in [6.45, 7) is 1.99. The quantitative estimate of drug-likeness (QED) is 0.911. The molecule has 1 aromatic heterocycles. The van der Waals surface area contributed by atoms with Crippen molar-refractivity contribution >= 4 is 33.4 Å². The van der Waals surface area contributed by atoms with Gasteiger partial charge in [-0.05, 0) is 40.5 Å². The summed E-state index contributed by atoms with van der Waals surface area (Å²) in [6.07, 6.45) is 1.22. The molecule has 1 aromatic carbocycles. The van der Waals surface area contributed by atoms with E-state index >= 15 is 0 Å². The minimum atomic E-state index is -1.08. The third-order valence-electron chi connectivity index (χ3n) is 2.27. The second-order valence-electron chi connectivity index (χ2n) is 3.70. The number of hydrogen-bond donors (Lipinski definition) is 2. The molecule has 2 rings (SSSR count). The smallest absolute Gasteiger partial charge is 0.354 e. The Balaban J connectivity index is 2.28. The maximum absolute atomic E-state index is 10.8. The lowest BCUT2D eigenvalue weighted by Crippen LogP contribution is -2.03. The molecule has 0 radical (unpaired) electrons. The van der Waals surface area contributed by atoms with Gasteiger partial charge in [0.25, 0.3) is 0 Å². The Labute approximate surface area is 112 Å². The molecule has 0 aliphatic heterocycles. The first kappa shape index (κ1) is 12.5. The number of aryl methyl sites for hydroxylation is 1. The number of halogens is 1. The minimum absolute atomic E-state index is 0.0456. The van der Waals surface area contributed by atoms with E-state index in [0.29, 0.717) is 5.82 Å². The van der Waals surface area contributed by atoms with E-state index in [-0.39, 0.29) is 5.69 Å². The number of hydrogen-bond acceptors (Lipinski definition) is 4. The fraction of sp³-hybridized carbons (Fsp3) is 0.0833. The Hall–Kier alpha value is -1.95. The lowest BCUT2D eigenvalue weighted by Gasteiger charge is -2.08. The van der Waals surface area contributed by atoms with Gasteiger partial charge in [0, 0.05) is 10.5 Å². The second kappa shape index (κ2) is 5.14. The number of aromatic carboxylic acids is 1. The summed E-state index contributed by atoms with van der Waals surface area (Å²) in [5, 5.41) is 11.9. The van der Waals surface area contributed by atoms with E-state index < -0.39 is 5.97 Å². The highest BCUT2D eigenvalue weighted by atomic mass is 79.9. The first-order valence-corrected chi connectivity index (χ1v) is 5.94. The Morgan fingerprint density at radius 3 is 2.78 bits per heavy atom. The highest BCUT2D eigenvalue weighted by Crippen LogP contribution is 2.25. The molecule has 0 atom stereocenters. The molecule has 0 saturated carbocycles. The number of nitrogens with zero attached hydrogens (tertiary/aromatic N) is 2. The first-order valence-electron chi connectivity index (χ1n) is 5.15. The summed E-state index contributed by atoms with van der Waals surface area (Å²) < 4.78 is 0.887. The van der Waals surface area contributed by atoms with Crippen molar-refractivity contribution in [2.75, 3.05) is 5.32 Å². The number of anilines is 2. The van der Waals surface area contributed by atoms with Crippen LogP contribution in [-0.2, 0) is 0 Å². The lowest BCUT2D eigenvalue weighted by atomic mass is 10.2. The number of carboxylic acids is 1. The summed E-state index contributed by atoms with van der Waals surface area (Å²) in [6, 6.07) is 7.19. The van der Waals surface area contributed by atoms with Gasteiger partial charge < -0.3 is 10.4 Å². The zero-order valence-corrected chi connectivity index (χ0v) is 11.1. The number of rotatable bonds is 3. The second-order valence-corrected chi connectivity index (χ2v) is 4.56. The van der Waals surface area contributed by atoms with Gasteiger partial charge in [-0.3, -0.25) is 0 Å². The SMILES string of the molecule is Cc1ccc(Nc2cc(C(=O)O)ncn2)c(Br)c1. The van der Waals surface area contributed by atoms with E-state index in [4.69, 9.17) is 5.11 Å². The predicted octanol–water partition coefficient (Wildman–Crippen LogP) is 2.99. The van der Waals surface area contributed by atoms with Crippen LogP contribution in [0, 0.1) is 6.92 Å². The Bertz CT molecular complexity index is 602. The van der Waals surface area contributed by atoms with Crippen LogP contribution in [0.1, 0.15) is 16.1 Å². The molecule has 92 valence electrons. The van der Waals surface area contributed by atoms with Gasteiger partial charge in [-0.1, -0.05) is 6.07 Å². The maximum Gasteiger partial charge on any atom is 0.354 e. The molecule has 0 amide bonds. The molecular weight excluding hydrogens is 298 g/mol. The summed E-state index contributed by atoms with van der Waals surface area (Å²) in [7, 11) is 0. The van der Waals surface area contributed by atoms with Crippen LogP contribution in [0.4, 0.5) is 11.5 Å². The molecule has 0 spiro atoms. The van der Waals surface area contributed by atoms with Crippen molar-refractivity contribution in [1.29, 1.82) is 0 Å². The Kier molecular flexibility index (Phi) is 3.57. The average Bonchev–Trinajstić information content (AvgIpc) is 2.33. The van der Waals surface area contributed by atoms with E-state index in [1.807, 2.05) is 25.1 Å². The van der Waals surface area contributed by atoms with Crippen LogP contribution in [0.3, 0.4) is 0 Å². The van der Waals surface area contributed by atoms with Gasteiger partial charge in [0.2, 0.25) is 0 Å². The molecule has 18 heavy (non-hydrogen) atoms.